The lowest BCUT2D eigenvalue weighted by molar-refractivity contribution is -0.119. The first-order valence-corrected chi connectivity index (χ1v) is 11.2. The molecular formula is C21H24N4O2S2. The molecule has 0 aliphatic heterocycles. The molecule has 1 unspecified atom stereocenters. The van der Waals surface area contributed by atoms with Crippen molar-refractivity contribution in [1.82, 2.24) is 15.5 Å². The molecule has 2 aromatic carbocycles. The fraction of sp³-hybridized carbons (Fsp3) is 0.286. The molecule has 8 heteroatoms. The van der Waals surface area contributed by atoms with E-state index in [4.69, 9.17) is 4.74 Å². The summed E-state index contributed by atoms with van der Waals surface area (Å²) in [6.45, 7) is 6.58. The van der Waals surface area contributed by atoms with Gasteiger partial charge in [0.15, 0.2) is 4.34 Å². The van der Waals surface area contributed by atoms with Crippen LogP contribution in [-0.4, -0.2) is 28.5 Å². The number of para-hydroxylation sites is 2. The predicted octanol–water partition coefficient (Wildman–Crippen LogP) is 4.96. The van der Waals surface area contributed by atoms with Gasteiger partial charge in [-0.1, -0.05) is 59.5 Å². The van der Waals surface area contributed by atoms with Crippen LogP contribution >= 0.6 is 23.1 Å². The molecule has 1 aromatic heterocycles. The number of anilines is 2. The summed E-state index contributed by atoms with van der Waals surface area (Å²) in [6.07, 6.45) is 0. The van der Waals surface area contributed by atoms with E-state index in [-0.39, 0.29) is 11.9 Å². The van der Waals surface area contributed by atoms with Gasteiger partial charge in [-0.3, -0.25) is 4.79 Å². The molecule has 1 amide bonds. The number of amides is 1. The van der Waals surface area contributed by atoms with Gasteiger partial charge in [-0.05, 0) is 44.0 Å². The minimum absolute atomic E-state index is 0.0304. The molecule has 1 atom stereocenters. The molecule has 0 radical (unpaired) electrons. The number of carbonyl (C=O) groups is 1. The van der Waals surface area contributed by atoms with Crippen LogP contribution in [0.25, 0.3) is 0 Å². The van der Waals surface area contributed by atoms with Crippen molar-refractivity contribution in [2.45, 2.75) is 31.2 Å². The maximum atomic E-state index is 12.3. The van der Waals surface area contributed by atoms with E-state index in [1.54, 1.807) is 0 Å². The van der Waals surface area contributed by atoms with Crippen molar-refractivity contribution in [3.05, 3.63) is 59.7 Å². The summed E-state index contributed by atoms with van der Waals surface area (Å²) in [4.78, 5) is 12.3. The second-order valence-corrected chi connectivity index (χ2v) is 8.56. The van der Waals surface area contributed by atoms with Gasteiger partial charge in [-0.2, -0.15) is 0 Å². The van der Waals surface area contributed by atoms with E-state index in [0.29, 0.717) is 17.5 Å². The Labute approximate surface area is 179 Å². The SMILES string of the molecule is CCOc1ccccc1Nc1nnc(SCC(=O)NC(C)c2ccccc2C)s1. The minimum atomic E-state index is -0.0361. The number of thioether (sulfide) groups is 1. The zero-order valence-electron chi connectivity index (χ0n) is 16.6. The fourth-order valence-electron chi connectivity index (χ4n) is 2.85. The van der Waals surface area contributed by atoms with Gasteiger partial charge < -0.3 is 15.4 Å². The quantitative estimate of drug-likeness (QED) is 0.469. The Morgan fingerprint density at radius 2 is 1.93 bits per heavy atom. The number of aromatic nitrogens is 2. The topological polar surface area (TPSA) is 76.1 Å². The number of benzene rings is 2. The molecular weight excluding hydrogens is 404 g/mol. The van der Waals surface area contributed by atoms with Crippen LogP contribution in [0.4, 0.5) is 10.8 Å². The normalized spacial score (nSPS) is 11.7. The number of nitrogens with one attached hydrogen (secondary N) is 2. The summed E-state index contributed by atoms with van der Waals surface area (Å²) in [7, 11) is 0. The Balaban J connectivity index is 1.53. The zero-order valence-corrected chi connectivity index (χ0v) is 18.3. The van der Waals surface area contributed by atoms with E-state index in [1.165, 1.54) is 28.7 Å². The third kappa shape index (κ3) is 5.95. The first-order valence-electron chi connectivity index (χ1n) is 9.37. The zero-order chi connectivity index (χ0) is 20.6. The van der Waals surface area contributed by atoms with E-state index < -0.39 is 0 Å². The summed E-state index contributed by atoms with van der Waals surface area (Å²) >= 11 is 2.79. The number of aryl methyl sites for hydroxylation is 1. The van der Waals surface area contributed by atoms with Crippen LogP contribution in [0.3, 0.4) is 0 Å². The molecule has 2 N–H and O–H groups in total. The number of hydrogen-bond acceptors (Lipinski definition) is 7. The van der Waals surface area contributed by atoms with Gasteiger partial charge in [0.2, 0.25) is 11.0 Å². The van der Waals surface area contributed by atoms with Crippen LogP contribution in [0.15, 0.2) is 52.9 Å². The summed E-state index contributed by atoms with van der Waals surface area (Å²) in [5.74, 6) is 1.03. The van der Waals surface area contributed by atoms with Gasteiger partial charge in [0.25, 0.3) is 0 Å². The van der Waals surface area contributed by atoms with Crippen molar-refractivity contribution in [2.24, 2.45) is 0 Å². The van der Waals surface area contributed by atoms with Crippen LogP contribution in [-0.2, 0) is 4.79 Å². The van der Waals surface area contributed by atoms with Gasteiger partial charge in [-0.15, -0.1) is 10.2 Å². The van der Waals surface area contributed by atoms with Gasteiger partial charge in [0, 0.05) is 0 Å². The monoisotopic (exact) mass is 428 g/mol. The molecule has 0 bridgehead atoms. The van der Waals surface area contributed by atoms with Gasteiger partial charge in [0.05, 0.1) is 24.1 Å². The van der Waals surface area contributed by atoms with E-state index >= 15 is 0 Å². The average molecular weight is 429 g/mol. The molecule has 0 spiro atoms. The van der Waals surface area contributed by atoms with Gasteiger partial charge >= 0.3 is 0 Å². The van der Waals surface area contributed by atoms with Crippen LogP contribution in [0.2, 0.25) is 0 Å². The molecule has 0 saturated carbocycles. The van der Waals surface area contributed by atoms with Crippen molar-refractivity contribution in [3.63, 3.8) is 0 Å². The average Bonchev–Trinajstić information content (AvgIpc) is 3.16. The minimum Gasteiger partial charge on any atom is -0.492 e. The molecule has 0 saturated heterocycles. The Hall–Kier alpha value is -2.58. The molecule has 1 heterocycles. The number of nitrogens with zero attached hydrogens (tertiary/aromatic N) is 2. The summed E-state index contributed by atoms with van der Waals surface area (Å²) in [5.41, 5.74) is 3.13. The summed E-state index contributed by atoms with van der Waals surface area (Å²) in [6, 6.07) is 15.7. The lowest BCUT2D eigenvalue weighted by atomic mass is 10.0. The largest absolute Gasteiger partial charge is 0.492 e. The molecule has 152 valence electrons. The second kappa shape index (κ2) is 10.3. The standard InChI is InChI=1S/C21H24N4O2S2/c1-4-27-18-12-8-7-11-17(18)23-20-24-25-21(29-20)28-13-19(26)22-15(3)16-10-6-5-9-14(16)2/h5-12,15H,4,13H2,1-3H3,(H,22,26)(H,23,24). The highest BCUT2D eigenvalue weighted by Crippen LogP contribution is 2.31. The number of rotatable bonds is 9. The lowest BCUT2D eigenvalue weighted by Gasteiger charge is -2.16. The van der Waals surface area contributed by atoms with Crippen molar-refractivity contribution < 1.29 is 9.53 Å². The Morgan fingerprint density at radius 1 is 1.17 bits per heavy atom. The van der Waals surface area contributed by atoms with E-state index in [9.17, 15) is 4.79 Å². The van der Waals surface area contributed by atoms with Crippen LogP contribution in [0.1, 0.15) is 31.0 Å². The van der Waals surface area contributed by atoms with Gasteiger partial charge in [0.1, 0.15) is 5.75 Å². The molecule has 3 rings (SSSR count). The van der Waals surface area contributed by atoms with Crippen LogP contribution in [0.5, 0.6) is 5.75 Å². The Morgan fingerprint density at radius 3 is 2.72 bits per heavy atom. The van der Waals surface area contributed by atoms with E-state index in [2.05, 4.69) is 20.8 Å². The Bertz CT molecular complexity index is 961. The smallest absolute Gasteiger partial charge is 0.230 e. The van der Waals surface area contributed by atoms with Crippen molar-refractivity contribution in [1.29, 1.82) is 0 Å². The highest BCUT2D eigenvalue weighted by atomic mass is 32.2. The highest BCUT2D eigenvalue weighted by Gasteiger charge is 2.13. The summed E-state index contributed by atoms with van der Waals surface area (Å²) in [5, 5.41) is 15.3. The second-order valence-electron chi connectivity index (χ2n) is 6.36. The first kappa shape index (κ1) is 21.1. The van der Waals surface area contributed by atoms with E-state index in [1.807, 2.05) is 69.3 Å². The lowest BCUT2D eigenvalue weighted by Crippen LogP contribution is -2.28. The first-order chi connectivity index (χ1) is 14.1. The molecule has 0 aliphatic rings. The molecule has 0 aliphatic carbocycles. The van der Waals surface area contributed by atoms with Gasteiger partial charge in [-0.25, -0.2) is 0 Å². The maximum Gasteiger partial charge on any atom is 0.230 e. The molecule has 29 heavy (non-hydrogen) atoms. The number of carbonyl (C=O) groups excluding carboxylic acids is 1. The van der Waals surface area contributed by atoms with Crippen molar-refractivity contribution >= 4 is 39.8 Å². The fourth-order valence-corrected chi connectivity index (χ4v) is 4.42. The van der Waals surface area contributed by atoms with Crippen LogP contribution in [0, 0.1) is 6.92 Å². The molecule has 3 aromatic rings. The van der Waals surface area contributed by atoms with Crippen LogP contribution < -0.4 is 15.4 Å². The van der Waals surface area contributed by atoms with Crippen molar-refractivity contribution in [2.75, 3.05) is 17.7 Å². The number of ether oxygens (including phenoxy) is 1. The third-order valence-electron chi connectivity index (χ3n) is 4.19. The molecule has 0 fully saturated rings. The molecule has 6 nitrogen and oxygen atoms in total. The number of hydrogen-bond donors (Lipinski definition) is 2. The predicted molar refractivity (Wildman–Crippen MR) is 119 cm³/mol. The Kier molecular flexibility index (Phi) is 7.48. The third-order valence-corrected chi connectivity index (χ3v) is 6.17. The summed E-state index contributed by atoms with van der Waals surface area (Å²) < 4.78 is 6.35. The van der Waals surface area contributed by atoms with Crippen molar-refractivity contribution in [3.8, 4) is 5.75 Å². The van der Waals surface area contributed by atoms with E-state index in [0.717, 1.165) is 21.3 Å². The maximum absolute atomic E-state index is 12.3. The highest BCUT2D eigenvalue weighted by molar-refractivity contribution is 8.01.